The summed E-state index contributed by atoms with van der Waals surface area (Å²) in [6.45, 7) is 0. The number of hydrogen-bond acceptors (Lipinski definition) is 3. The highest BCUT2D eigenvalue weighted by Gasteiger charge is 2.23. The Kier molecular flexibility index (Phi) is 1.43. The van der Waals surface area contributed by atoms with Crippen molar-refractivity contribution in [2.24, 2.45) is 0 Å². The number of phenolic OH excluding ortho intramolecular Hbond substituents is 1. The zero-order valence-electron chi connectivity index (χ0n) is 6.98. The van der Waals surface area contributed by atoms with E-state index in [1.165, 1.54) is 12.3 Å². The molecule has 0 aliphatic carbocycles. The molecule has 4 nitrogen and oxygen atoms in total. The molecular formula is C9H5O4Si+. The standard InChI is InChI=1S/C9H4O4Si/c10-5-3-7-9-6(1-2-11-7)12-14-13-8(9)4-5/h1-4H/p+1. The Balaban J connectivity index is 2.48. The molecule has 68 valence electrons. The third-order valence-electron chi connectivity index (χ3n) is 2.01. The van der Waals surface area contributed by atoms with Gasteiger partial charge in [-0.15, -0.1) is 0 Å². The van der Waals surface area contributed by atoms with E-state index < -0.39 is 0 Å². The fourth-order valence-electron chi connectivity index (χ4n) is 1.44. The van der Waals surface area contributed by atoms with E-state index in [9.17, 15) is 5.11 Å². The Morgan fingerprint density at radius 2 is 2.07 bits per heavy atom. The van der Waals surface area contributed by atoms with Crippen LogP contribution in [0.25, 0.3) is 11.0 Å². The van der Waals surface area contributed by atoms with E-state index >= 15 is 0 Å². The maximum Gasteiger partial charge on any atom is 0.610 e. The van der Waals surface area contributed by atoms with Gasteiger partial charge >= 0.3 is 21.9 Å². The van der Waals surface area contributed by atoms with Crippen LogP contribution < -0.4 is 8.85 Å². The second kappa shape index (κ2) is 2.62. The summed E-state index contributed by atoms with van der Waals surface area (Å²) in [6, 6.07) is 4.82. The predicted octanol–water partition coefficient (Wildman–Crippen LogP) is 1.72. The van der Waals surface area contributed by atoms with E-state index in [1.807, 2.05) is 0 Å². The molecule has 2 radical (unpaired) electrons. The Bertz CT molecular complexity index is 511. The number of benzene rings is 1. The van der Waals surface area contributed by atoms with Crippen LogP contribution in [-0.2, 0) is 0 Å². The molecule has 14 heavy (non-hydrogen) atoms. The second-order valence-electron chi connectivity index (χ2n) is 2.89. The summed E-state index contributed by atoms with van der Waals surface area (Å²) >= 11 is 0. The third kappa shape index (κ3) is 0.958. The van der Waals surface area contributed by atoms with Crippen LogP contribution in [0.3, 0.4) is 0 Å². The first-order valence-corrected chi connectivity index (χ1v) is 4.82. The highest BCUT2D eigenvalue weighted by molar-refractivity contribution is 6.23. The molecule has 5 heteroatoms. The van der Waals surface area contributed by atoms with Gasteiger partial charge in [-0.25, -0.2) is 4.42 Å². The fourth-order valence-corrected chi connectivity index (χ4v) is 1.99. The Hall–Kier alpha value is -1.75. The van der Waals surface area contributed by atoms with Crippen LogP contribution in [0, 0.1) is 0 Å². The summed E-state index contributed by atoms with van der Waals surface area (Å²) in [5.74, 6) is 1.45. The van der Waals surface area contributed by atoms with Gasteiger partial charge in [-0.2, -0.15) is 0 Å². The summed E-state index contributed by atoms with van der Waals surface area (Å²) in [7, 11) is -0.0725. The van der Waals surface area contributed by atoms with Crippen molar-refractivity contribution in [2.45, 2.75) is 0 Å². The Labute approximate surface area is 81.8 Å². The van der Waals surface area contributed by atoms with Gasteiger partial charge in [-0.05, 0) is 0 Å². The number of hydrogen-bond donors (Lipinski definition) is 1. The lowest BCUT2D eigenvalue weighted by Crippen LogP contribution is -2.15. The summed E-state index contributed by atoms with van der Waals surface area (Å²) in [6.07, 6.45) is 1.52. The third-order valence-corrected chi connectivity index (χ3v) is 2.62. The molecule has 2 aromatic rings. The largest absolute Gasteiger partial charge is 0.610 e. The van der Waals surface area contributed by atoms with Crippen LogP contribution in [0.1, 0.15) is 0 Å². The molecule has 3 rings (SSSR count). The Morgan fingerprint density at radius 3 is 3.00 bits per heavy atom. The van der Waals surface area contributed by atoms with Crippen molar-refractivity contribution in [1.82, 2.24) is 0 Å². The van der Waals surface area contributed by atoms with Crippen molar-refractivity contribution in [3.8, 4) is 17.2 Å². The minimum Gasteiger partial charge on any atom is -0.507 e. The quantitative estimate of drug-likeness (QED) is 0.525. The molecule has 0 bridgehead atoms. The van der Waals surface area contributed by atoms with Crippen LogP contribution in [0.4, 0.5) is 0 Å². The monoisotopic (exact) mass is 205 g/mol. The average Bonchev–Trinajstić information content (AvgIpc) is 2.18. The highest BCUT2D eigenvalue weighted by atomic mass is 28.3. The zero-order chi connectivity index (χ0) is 9.54. The van der Waals surface area contributed by atoms with Crippen LogP contribution in [0.5, 0.6) is 17.2 Å². The van der Waals surface area contributed by atoms with E-state index in [0.29, 0.717) is 11.3 Å². The summed E-state index contributed by atoms with van der Waals surface area (Å²) < 4.78 is 15.8. The van der Waals surface area contributed by atoms with Crippen LogP contribution in [0.2, 0.25) is 0 Å². The molecular weight excluding hydrogens is 200 g/mol. The smallest absolute Gasteiger partial charge is 0.507 e. The fraction of sp³-hybridized carbons (Fsp3) is 0. The van der Waals surface area contributed by atoms with Gasteiger partial charge in [-0.3, -0.25) is 0 Å². The van der Waals surface area contributed by atoms with Gasteiger partial charge in [0, 0.05) is 6.07 Å². The molecule has 1 aromatic carbocycles. The van der Waals surface area contributed by atoms with Gasteiger partial charge in [0.1, 0.15) is 17.2 Å². The van der Waals surface area contributed by atoms with Crippen molar-refractivity contribution in [1.29, 1.82) is 0 Å². The minimum absolute atomic E-state index is 0.0725. The van der Waals surface area contributed by atoms with E-state index in [-0.39, 0.29) is 15.8 Å². The number of aromatic hydroxyl groups is 1. The lowest BCUT2D eigenvalue weighted by Gasteiger charge is -2.13. The molecule has 0 atom stereocenters. The van der Waals surface area contributed by atoms with E-state index in [4.69, 9.17) is 13.3 Å². The summed E-state index contributed by atoms with van der Waals surface area (Å²) in [4.78, 5) is 0. The van der Waals surface area contributed by atoms with Crippen LogP contribution in [0.15, 0.2) is 28.9 Å². The van der Waals surface area contributed by atoms with E-state index in [1.54, 1.807) is 12.1 Å². The number of phenols is 1. The topological polar surface area (TPSA) is 50.0 Å². The minimum atomic E-state index is -0.0725. The number of rotatable bonds is 0. The molecule has 1 N–H and O–H groups in total. The first kappa shape index (κ1) is 7.63. The maximum absolute atomic E-state index is 9.38. The molecule has 1 aromatic heterocycles. The van der Waals surface area contributed by atoms with Gasteiger partial charge in [0.2, 0.25) is 0 Å². The van der Waals surface area contributed by atoms with Gasteiger partial charge in [0.05, 0.1) is 12.1 Å². The van der Waals surface area contributed by atoms with Gasteiger partial charge in [0.15, 0.2) is 5.39 Å². The first-order valence-electron chi connectivity index (χ1n) is 4.01. The SMILES string of the molecule is Oc1cc2c3c(cc[o+]c3c1)O[Si]O2. The molecule has 2 heterocycles. The van der Waals surface area contributed by atoms with Crippen molar-refractivity contribution < 1.29 is 18.4 Å². The second-order valence-corrected chi connectivity index (χ2v) is 3.46. The zero-order valence-corrected chi connectivity index (χ0v) is 7.98. The molecule has 0 amide bonds. The lowest BCUT2D eigenvalue weighted by molar-refractivity contribution is 0.433. The molecule has 0 saturated carbocycles. The lowest BCUT2D eigenvalue weighted by atomic mass is 10.2. The molecule has 0 saturated heterocycles. The van der Waals surface area contributed by atoms with Crippen molar-refractivity contribution in [3.05, 3.63) is 24.5 Å². The van der Waals surface area contributed by atoms with Gasteiger partial charge in [-0.1, -0.05) is 0 Å². The van der Waals surface area contributed by atoms with Crippen LogP contribution >= 0.6 is 0 Å². The maximum atomic E-state index is 9.38. The highest BCUT2D eigenvalue weighted by Crippen LogP contribution is 2.38. The summed E-state index contributed by atoms with van der Waals surface area (Å²) in [5.41, 5.74) is 0.557. The van der Waals surface area contributed by atoms with Crippen molar-refractivity contribution in [3.63, 3.8) is 0 Å². The van der Waals surface area contributed by atoms with E-state index in [2.05, 4.69) is 0 Å². The van der Waals surface area contributed by atoms with Crippen molar-refractivity contribution in [2.75, 3.05) is 0 Å². The van der Waals surface area contributed by atoms with Gasteiger partial charge < -0.3 is 14.0 Å². The summed E-state index contributed by atoms with van der Waals surface area (Å²) in [5, 5.41) is 10.1. The van der Waals surface area contributed by atoms with Gasteiger partial charge in [0.25, 0.3) is 0 Å². The normalized spacial score (nSPS) is 13.4. The van der Waals surface area contributed by atoms with Crippen molar-refractivity contribution >= 4 is 21.0 Å². The molecule has 1 aliphatic heterocycles. The Morgan fingerprint density at radius 1 is 1.21 bits per heavy atom. The predicted molar refractivity (Wildman–Crippen MR) is 49.3 cm³/mol. The first-order chi connectivity index (χ1) is 6.84. The molecule has 0 fully saturated rings. The molecule has 0 unspecified atom stereocenters. The van der Waals surface area contributed by atoms with E-state index in [0.717, 1.165) is 11.1 Å². The molecule has 0 spiro atoms. The average molecular weight is 205 g/mol. The van der Waals surface area contributed by atoms with Crippen LogP contribution in [-0.4, -0.2) is 15.1 Å². The molecule has 1 aliphatic rings.